The number of likely N-dealkylation sites (tertiary alicyclic amines) is 1. The van der Waals surface area contributed by atoms with Crippen LogP contribution in [0.1, 0.15) is 19.8 Å². The highest BCUT2D eigenvalue weighted by Crippen LogP contribution is 2.43. The van der Waals surface area contributed by atoms with Gasteiger partial charge in [0.15, 0.2) is 0 Å². The van der Waals surface area contributed by atoms with E-state index in [0.29, 0.717) is 23.7 Å². The molecule has 4 rings (SSSR count). The second kappa shape index (κ2) is 4.96. The minimum atomic E-state index is -3.69. The van der Waals surface area contributed by atoms with Crippen molar-refractivity contribution in [3.05, 3.63) is 36.4 Å². The molecule has 2 aromatic rings. The number of hydrogen-bond acceptors (Lipinski definition) is 3. The van der Waals surface area contributed by atoms with Gasteiger partial charge >= 0.3 is 0 Å². The first-order valence-electron chi connectivity index (χ1n) is 7.87. The van der Waals surface area contributed by atoms with Crippen molar-refractivity contribution in [1.29, 1.82) is 0 Å². The van der Waals surface area contributed by atoms with Crippen LogP contribution in [0.4, 0.5) is 5.69 Å². The van der Waals surface area contributed by atoms with E-state index in [-0.39, 0.29) is 5.91 Å². The number of rotatable bonds is 2. The van der Waals surface area contributed by atoms with E-state index in [0.717, 1.165) is 23.6 Å². The van der Waals surface area contributed by atoms with E-state index in [4.69, 9.17) is 0 Å². The second-order valence-electron chi connectivity index (χ2n) is 6.14. The predicted octanol–water partition coefficient (Wildman–Crippen LogP) is 2.36. The first kappa shape index (κ1) is 14.5. The lowest BCUT2D eigenvalue weighted by atomic mass is 10.1. The van der Waals surface area contributed by atoms with Crippen molar-refractivity contribution < 1.29 is 13.2 Å². The summed E-state index contributed by atoms with van der Waals surface area (Å²) in [6.07, 6.45) is 1.97. The molecule has 0 spiro atoms. The Morgan fingerprint density at radius 2 is 1.74 bits per heavy atom. The third-order valence-corrected chi connectivity index (χ3v) is 6.67. The predicted molar refractivity (Wildman–Crippen MR) is 88.9 cm³/mol. The number of nitrogens with zero attached hydrogens (tertiary/aromatic N) is 2. The Morgan fingerprint density at radius 3 is 2.43 bits per heavy atom. The van der Waals surface area contributed by atoms with Gasteiger partial charge in [-0.2, -0.15) is 0 Å². The molecule has 0 bridgehead atoms. The van der Waals surface area contributed by atoms with E-state index < -0.39 is 16.1 Å². The van der Waals surface area contributed by atoms with Gasteiger partial charge in [0.05, 0.1) is 10.6 Å². The van der Waals surface area contributed by atoms with Crippen molar-refractivity contribution in [3.8, 4) is 0 Å². The van der Waals surface area contributed by atoms with Gasteiger partial charge in [0.25, 0.3) is 10.0 Å². The van der Waals surface area contributed by atoms with Crippen LogP contribution in [0.15, 0.2) is 41.3 Å². The minimum Gasteiger partial charge on any atom is -0.341 e. The molecule has 2 aliphatic heterocycles. The monoisotopic (exact) mass is 330 g/mol. The Morgan fingerprint density at radius 1 is 1.09 bits per heavy atom. The van der Waals surface area contributed by atoms with Crippen LogP contribution in [-0.2, 0) is 14.8 Å². The third-order valence-electron chi connectivity index (χ3n) is 4.75. The van der Waals surface area contributed by atoms with Gasteiger partial charge in [0, 0.05) is 18.5 Å². The van der Waals surface area contributed by atoms with Gasteiger partial charge in [-0.15, -0.1) is 0 Å². The Labute approximate surface area is 135 Å². The molecule has 2 aliphatic rings. The van der Waals surface area contributed by atoms with Gasteiger partial charge in [-0.1, -0.05) is 24.3 Å². The first-order valence-corrected chi connectivity index (χ1v) is 9.31. The summed E-state index contributed by atoms with van der Waals surface area (Å²) in [5.74, 6) is -0.115. The molecule has 2 aromatic carbocycles. The largest absolute Gasteiger partial charge is 0.341 e. The van der Waals surface area contributed by atoms with E-state index in [1.807, 2.05) is 18.2 Å². The lowest BCUT2D eigenvalue weighted by Crippen LogP contribution is -2.47. The molecule has 6 heteroatoms. The Kier molecular flexibility index (Phi) is 3.13. The molecule has 120 valence electrons. The Bertz CT molecular complexity index is 896. The Balaban J connectivity index is 1.84. The fourth-order valence-corrected chi connectivity index (χ4v) is 5.50. The third kappa shape index (κ3) is 1.97. The van der Waals surface area contributed by atoms with E-state index in [1.165, 1.54) is 4.31 Å². The van der Waals surface area contributed by atoms with Gasteiger partial charge in [0.1, 0.15) is 6.04 Å². The lowest BCUT2D eigenvalue weighted by molar-refractivity contribution is -0.130. The normalized spacial score (nSPS) is 20.2. The maximum Gasteiger partial charge on any atom is 0.265 e. The summed E-state index contributed by atoms with van der Waals surface area (Å²) in [5, 5.41) is 1.60. The van der Waals surface area contributed by atoms with E-state index in [9.17, 15) is 13.2 Å². The molecule has 0 aromatic heterocycles. The van der Waals surface area contributed by atoms with E-state index in [2.05, 4.69) is 0 Å². The highest BCUT2D eigenvalue weighted by molar-refractivity contribution is 7.93. The molecule has 1 saturated heterocycles. The number of anilines is 1. The molecule has 5 nitrogen and oxygen atoms in total. The van der Waals surface area contributed by atoms with E-state index >= 15 is 0 Å². The van der Waals surface area contributed by atoms with Crippen molar-refractivity contribution in [2.75, 3.05) is 17.4 Å². The van der Waals surface area contributed by atoms with Crippen LogP contribution in [0, 0.1) is 0 Å². The molecule has 1 fully saturated rings. The van der Waals surface area contributed by atoms with Crippen LogP contribution in [-0.4, -0.2) is 38.4 Å². The fraction of sp³-hybridized carbons (Fsp3) is 0.353. The molecule has 0 radical (unpaired) electrons. The van der Waals surface area contributed by atoms with Crippen molar-refractivity contribution in [1.82, 2.24) is 4.90 Å². The molecule has 0 aliphatic carbocycles. The zero-order valence-corrected chi connectivity index (χ0v) is 13.7. The minimum absolute atomic E-state index is 0.115. The van der Waals surface area contributed by atoms with Crippen LogP contribution in [0.3, 0.4) is 0 Å². The molecular weight excluding hydrogens is 312 g/mol. The fourth-order valence-electron chi connectivity index (χ4n) is 3.64. The first-order chi connectivity index (χ1) is 11.0. The molecule has 1 atom stereocenters. The van der Waals surface area contributed by atoms with Crippen LogP contribution in [0.2, 0.25) is 0 Å². The van der Waals surface area contributed by atoms with Crippen molar-refractivity contribution >= 4 is 32.4 Å². The number of hydrogen-bond donors (Lipinski definition) is 0. The zero-order chi connectivity index (χ0) is 16.2. The van der Waals surface area contributed by atoms with Gasteiger partial charge in [0.2, 0.25) is 5.91 Å². The highest BCUT2D eigenvalue weighted by Gasteiger charge is 2.42. The SMILES string of the molecule is CC(C(=O)N1CCCC1)N1c2cccc3cccc(c23)S1(=O)=O. The number of benzene rings is 2. The molecule has 1 unspecified atom stereocenters. The molecular formula is C17H18N2O3S. The van der Waals surface area contributed by atoms with Gasteiger partial charge in [-0.3, -0.25) is 9.10 Å². The topological polar surface area (TPSA) is 57.7 Å². The summed E-state index contributed by atoms with van der Waals surface area (Å²) in [6.45, 7) is 3.12. The van der Waals surface area contributed by atoms with Crippen LogP contribution < -0.4 is 4.31 Å². The summed E-state index contributed by atoms with van der Waals surface area (Å²) in [6, 6.07) is 10.1. The van der Waals surface area contributed by atoms with Crippen molar-refractivity contribution in [3.63, 3.8) is 0 Å². The number of sulfonamides is 1. The summed E-state index contributed by atoms with van der Waals surface area (Å²) < 4.78 is 27.3. The standard InChI is InChI=1S/C17H18N2O3S/c1-12(17(20)18-10-2-3-11-18)19-14-8-4-6-13-7-5-9-15(16(13)14)23(19,21)22/h4-9,12H,2-3,10-11H2,1H3. The number of carbonyl (C=O) groups is 1. The van der Waals surface area contributed by atoms with Crippen molar-refractivity contribution in [2.24, 2.45) is 0 Å². The van der Waals surface area contributed by atoms with Crippen LogP contribution in [0.25, 0.3) is 10.8 Å². The smallest absolute Gasteiger partial charge is 0.265 e. The van der Waals surface area contributed by atoms with Gasteiger partial charge < -0.3 is 4.90 Å². The molecule has 2 heterocycles. The molecule has 23 heavy (non-hydrogen) atoms. The summed E-state index contributed by atoms with van der Waals surface area (Å²) in [7, 11) is -3.69. The number of carbonyl (C=O) groups excluding carboxylic acids is 1. The number of amides is 1. The van der Waals surface area contributed by atoms with Crippen LogP contribution >= 0.6 is 0 Å². The summed E-state index contributed by atoms with van der Waals surface area (Å²) >= 11 is 0. The van der Waals surface area contributed by atoms with Crippen LogP contribution in [0.5, 0.6) is 0 Å². The summed E-state index contributed by atoms with van der Waals surface area (Å²) in [4.78, 5) is 14.8. The maximum absolute atomic E-state index is 13.0. The zero-order valence-electron chi connectivity index (χ0n) is 12.9. The van der Waals surface area contributed by atoms with Crippen molar-refractivity contribution in [2.45, 2.75) is 30.7 Å². The average molecular weight is 330 g/mol. The second-order valence-corrected chi connectivity index (χ2v) is 7.92. The summed E-state index contributed by atoms with van der Waals surface area (Å²) in [5.41, 5.74) is 0.609. The molecule has 1 amide bonds. The maximum atomic E-state index is 13.0. The lowest BCUT2D eigenvalue weighted by Gasteiger charge is -2.28. The van der Waals surface area contributed by atoms with E-state index in [1.54, 1.807) is 30.0 Å². The Hall–Kier alpha value is -2.08. The average Bonchev–Trinajstić information content (AvgIpc) is 3.14. The quantitative estimate of drug-likeness (QED) is 0.849. The molecule has 0 saturated carbocycles. The van der Waals surface area contributed by atoms with Gasteiger partial charge in [-0.05, 0) is 37.3 Å². The van der Waals surface area contributed by atoms with Gasteiger partial charge in [-0.25, -0.2) is 8.42 Å². The highest BCUT2D eigenvalue weighted by atomic mass is 32.2. The molecule has 0 N–H and O–H groups in total.